The number of nitrogens with two attached hydrogens (primary N) is 1. The Morgan fingerprint density at radius 1 is 1.50 bits per heavy atom. The lowest BCUT2D eigenvalue weighted by Gasteiger charge is -2.26. The predicted molar refractivity (Wildman–Crippen MR) is 78.6 cm³/mol. The molecule has 0 aliphatic heterocycles. The quantitative estimate of drug-likeness (QED) is 0.811. The highest BCUT2D eigenvalue weighted by Gasteiger charge is 2.45. The first-order valence-corrected chi connectivity index (χ1v) is 6.84. The number of likely N-dealkylation sites (N-methyl/N-ethyl adjacent to an activating group) is 1. The normalized spacial score (nSPS) is 17.6. The molecule has 0 spiro atoms. The molecular weight excluding hydrogens is 254 g/mol. The van der Waals surface area contributed by atoms with Gasteiger partial charge in [-0.15, -0.1) is 0 Å². The number of benzene rings is 1. The minimum Gasteiger partial charge on any atom is -0.497 e. The van der Waals surface area contributed by atoms with Crippen LogP contribution in [0.2, 0.25) is 0 Å². The zero-order valence-corrected chi connectivity index (χ0v) is 12.3. The van der Waals surface area contributed by atoms with Crippen molar-refractivity contribution >= 4 is 5.91 Å². The molecule has 1 unspecified atom stereocenters. The number of methoxy groups -OCH3 is 1. The summed E-state index contributed by atoms with van der Waals surface area (Å²) in [4.78, 5) is 14.0. The lowest BCUT2D eigenvalue weighted by molar-refractivity contribution is -0.123. The number of carbonyl (C=O) groups excluding carboxylic acids is 1. The van der Waals surface area contributed by atoms with E-state index in [4.69, 9.17) is 10.5 Å². The molecular formula is C15H23N3O2. The van der Waals surface area contributed by atoms with E-state index in [0.29, 0.717) is 6.54 Å². The van der Waals surface area contributed by atoms with Gasteiger partial charge in [-0.25, -0.2) is 0 Å². The molecule has 110 valence electrons. The van der Waals surface area contributed by atoms with Gasteiger partial charge in [0.25, 0.3) is 0 Å². The summed E-state index contributed by atoms with van der Waals surface area (Å²) in [6.45, 7) is 0.540. The highest BCUT2D eigenvalue weighted by atomic mass is 16.5. The molecule has 5 heteroatoms. The average Bonchev–Trinajstić information content (AvgIpc) is 3.18. The largest absolute Gasteiger partial charge is 0.497 e. The van der Waals surface area contributed by atoms with Crippen LogP contribution in [0.4, 0.5) is 0 Å². The average molecular weight is 277 g/mol. The molecule has 2 rings (SSSR count). The van der Waals surface area contributed by atoms with Crippen molar-refractivity contribution in [2.75, 3.05) is 27.7 Å². The number of carbonyl (C=O) groups is 1. The zero-order valence-electron chi connectivity index (χ0n) is 12.3. The van der Waals surface area contributed by atoms with Gasteiger partial charge in [0, 0.05) is 6.54 Å². The maximum atomic E-state index is 11.9. The SMILES string of the molecule is COc1cccc(C(CNC(=O)C2(N)CC2)N(C)C)c1. The van der Waals surface area contributed by atoms with E-state index in [1.807, 2.05) is 38.4 Å². The van der Waals surface area contributed by atoms with Gasteiger partial charge in [-0.3, -0.25) is 4.79 Å². The Balaban J connectivity index is 2.04. The molecule has 0 heterocycles. The van der Waals surface area contributed by atoms with Crippen LogP contribution in [0.3, 0.4) is 0 Å². The predicted octanol–water partition coefficient (Wildman–Crippen LogP) is 0.905. The zero-order chi connectivity index (χ0) is 14.8. The minimum atomic E-state index is -0.620. The number of hydrogen-bond acceptors (Lipinski definition) is 4. The van der Waals surface area contributed by atoms with Crippen LogP contribution in [0.5, 0.6) is 5.75 Å². The molecule has 1 aliphatic rings. The summed E-state index contributed by atoms with van der Waals surface area (Å²) < 4.78 is 5.25. The summed E-state index contributed by atoms with van der Waals surface area (Å²) in [5, 5.41) is 2.96. The number of nitrogens with zero attached hydrogens (tertiary/aromatic N) is 1. The van der Waals surface area contributed by atoms with Crippen LogP contribution in [-0.2, 0) is 4.79 Å². The molecule has 20 heavy (non-hydrogen) atoms. The Morgan fingerprint density at radius 3 is 2.75 bits per heavy atom. The highest BCUT2D eigenvalue weighted by molar-refractivity contribution is 5.88. The first kappa shape index (κ1) is 14.8. The van der Waals surface area contributed by atoms with Gasteiger partial charge in [0.1, 0.15) is 5.75 Å². The monoisotopic (exact) mass is 277 g/mol. The Bertz CT molecular complexity index is 484. The Hall–Kier alpha value is -1.59. The van der Waals surface area contributed by atoms with E-state index in [9.17, 15) is 4.79 Å². The van der Waals surface area contributed by atoms with E-state index >= 15 is 0 Å². The summed E-state index contributed by atoms with van der Waals surface area (Å²) in [5.41, 5.74) is 6.38. The van der Waals surface area contributed by atoms with E-state index < -0.39 is 5.54 Å². The lowest BCUT2D eigenvalue weighted by Crippen LogP contribution is -2.45. The van der Waals surface area contributed by atoms with Crippen LogP contribution in [0.1, 0.15) is 24.4 Å². The number of rotatable bonds is 6. The van der Waals surface area contributed by atoms with Gasteiger partial charge in [-0.1, -0.05) is 12.1 Å². The first-order chi connectivity index (χ1) is 9.46. The second kappa shape index (κ2) is 5.81. The summed E-state index contributed by atoms with van der Waals surface area (Å²) >= 11 is 0. The van der Waals surface area contributed by atoms with E-state index in [0.717, 1.165) is 24.2 Å². The molecule has 0 bridgehead atoms. The fraction of sp³-hybridized carbons (Fsp3) is 0.533. The van der Waals surface area contributed by atoms with Crippen LogP contribution >= 0.6 is 0 Å². The minimum absolute atomic E-state index is 0.0488. The maximum Gasteiger partial charge on any atom is 0.240 e. The van der Waals surface area contributed by atoms with Crippen LogP contribution in [0.15, 0.2) is 24.3 Å². The molecule has 1 fully saturated rings. The van der Waals surface area contributed by atoms with Crippen molar-refractivity contribution in [3.63, 3.8) is 0 Å². The molecule has 1 saturated carbocycles. The summed E-state index contributed by atoms with van der Waals surface area (Å²) in [5.74, 6) is 0.769. The van der Waals surface area contributed by atoms with Crippen LogP contribution in [0, 0.1) is 0 Å². The van der Waals surface area contributed by atoms with Crippen molar-refractivity contribution in [2.24, 2.45) is 5.73 Å². The Kier molecular flexibility index (Phi) is 4.30. The van der Waals surface area contributed by atoms with Gasteiger partial charge >= 0.3 is 0 Å². The molecule has 0 aromatic heterocycles. The van der Waals surface area contributed by atoms with E-state index in [1.165, 1.54) is 0 Å². The fourth-order valence-corrected chi connectivity index (χ4v) is 2.17. The molecule has 3 N–H and O–H groups in total. The van der Waals surface area contributed by atoms with Crippen molar-refractivity contribution in [1.82, 2.24) is 10.2 Å². The highest BCUT2D eigenvalue weighted by Crippen LogP contribution is 2.32. The Morgan fingerprint density at radius 2 is 2.20 bits per heavy atom. The third-order valence-corrected chi connectivity index (χ3v) is 3.80. The first-order valence-electron chi connectivity index (χ1n) is 6.84. The molecule has 1 amide bonds. The van der Waals surface area contributed by atoms with Crippen molar-refractivity contribution in [3.8, 4) is 5.75 Å². The van der Waals surface area contributed by atoms with Gasteiger partial charge < -0.3 is 20.7 Å². The molecule has 1 aliphatic carbocycles. The fourth-order valence-electron chi connectivity index (χ4n) is 2.17. The smallest absolute Gasteiger partial charge is 0.240 e. The molecule has 1 atom stereocenters. The Labute approximate surface area is 120 Å². The molecule has 0 radical (unpaired) electrons. The molecule has 1 aromatic carbocycles. The van der Waals surface area contributed by atoms with Crippen molar-refractivity contribution in [2.45, 2.75) is 24.4 Å². The van der Waals surface area contributed by atoms with E-state index in [2.05, 4.69) is 10.2 Å². The maximum absolute atomic E-state index is 11.9. The second-order valence-corrected chi connectivity index (χ2v) is 5.62. The molecule has 5 nitrogen and oxygen atoms in total. The van der Waals surface area contributed by atoms with Crippen LogP contribution in [-0.4, -0.2) is 44.1 Å². The topological polar surface area (TPSA) is 67.6 Å². The third kappa shape index (κ3) is 3.29. The summed E-state index contributed by atoms with van der Waals surface area (Å²) in [6.07, 6.45) is 1.56. The number of ether oxygens (including phenoxy) is 1. The summed E-state index contributed by atoms with van der Waals surface area (Å²) in [6, 6.07) is 7.99. The standard InChI is InChI=1S/C15H23N3O2/c1-18(2)13(10-17-14(19)15(16)7-8-15)11-5-4-6-12(9-11)20-3/h4-6,9,13H,7-8,10,16H2,1-3H3,(H,17,19). The summed E-state index contributed by atoms with van der Waals surface area (Å²) in [7, 11) is 5.63. The van der Waals surface area contributed by atoms with Crippen LogP contribution in [0.25, 0.3) is 0 Å². The van der Waals surface area contributed by atoms with Crippen molar-refractivity contribution in [3.05, 3.63) is 29.8 Å². The number of hydrogen-bond donors (Lipinski definition) is 2. The second-order valence-electron chi connectivity index (χ2n) is 5.62. The lowest BCUT2D eigenvalue weighted by atomic mass is 10.1. The van der Waals surface area contributed by atoms with E-state index in [-0.39, 0.29) is 11.9 Å². The number of nitrogens with one attached hydrogen (secondary N) is 1. The van der Waals surface area contributed by atoms with Gasteiger partial charge in [0.2, 0.25) is 5.91 Å². The van der Waals surface area contributed by atoms with Gasteiger partial charge in [-0.2, -0.15) is 0 Å². The van der Waals surface area contributed by atoms with Gasteiger partial charge in [0.15, 0.2) is 0 Å². The van der Waals surface area contributed by atoms with Gasteiger partial charge in [-0.05, 0) is 44.6 Å². The third-order valence-electron chi connectivity index (χ3n) is 3.80. The van der Waals surface area contributed by atoms with Gasteiger partial charge in [0.05, 0.1) is 18.7 Å². The molecule has 0 saturated heterocycles. The van der Waals surface area contributed by atoms with Crippen molar-refractivity contribution in [1.29, 1.82) is 0 Å². The number of amides is 1. The van der Waals surface area contributed by atoms with Crippen LogP contribution < -0.4 is 15.8 Å². The van der Waals surface area contributed by atoms with Crippen molar-refractivity contribution < 1.29 is 9.53 Å². The molecule has 1 aromatic rings. The van der Waals surface area contributed by atoms with E-state index in [1.54, 1.807) is 7.11 Å².